The fraction of sp³-hybridized carbons (Fsp3) is 0.562. The quantitative estimate of drug-likeness (QED) is 0.847. The van der Waals surface area contributed by atoms with Crippen LogP contribution in [0.4, 0.5) is 8.78 Å². The van der Waals surface area contributed by atoms with Gasteiger partial charge in [0.05, 0.1) is 6.10 Å². The molecule has 1 fully saturated rings. The van der Waals surface area contributed by atoms with Gasteiger partial charge in [0.1, 0.15) is 0 Å². The standard InChI is InChI=1S/C16H21F2NO2/c17-13-7-6-12(9-14(13)18)15(20)10-19-16(21)8-5-11-3-1-2-4-11/h6-7,9,11,15,20H,1-5,8,10H2,(H,19,21). The lowest BCUT2D eigenvalue weighted by atomic mass is 10.0. The SMILES string of the molecule is O=C(CCC1CCCC1)NCC(O)c1ccc(F)c(F)c1. The molecule has 0 aliphatic heterocycles. The van der Waals surface area contributed by atoms with E-state index in [0.717, 1.165) is 18.6 Å². The molecule has 0 heterocycles. The van der Waals surface area contributed by atoms with E-state index in [4.69, 9.17) is 0 Å². The second-order valence-corrected chi connectivity index (χ2v) is 5.68. The Bertz CT molecular complexity index is 487. The van der Waals surface area contributed by atoms with E-state index in [1.165, 1.54) is 31.7 Å². The maximum atomic E-state index is 13.1. The lowest BCUT2D eigenvalue weighted by molar-refractivity contribution is -0.121. The number of benzene rings is 1. The van der Waals surface area contributed by atoms with Crippen LogP contribution in [0.5, 0.6) is 0 Å². The molecule has 2 rings (SSSR count). The van der Waals surface area contributed by atoms with Crippen LogP contribution in [-0.2, 0) is 4.79 Å². The molecule has 0 radical (unpaired) electrons. The third-order valence-electron chi connectivity index (χ3n) is 4.08. The summed E-state index contributed by atoms with van der Waals surface area (Å²) in [4.78, 5) is 11.7. The average Bonchev–Trinajstić information content (AvgIpc) is 2.98. The van der Waals surface area contributed by atoms with Gasteiger partial charge < -0.3 is 10.4 Å². The Morgan fingerprint density at radius 2 is 2.00 bits per heavy atom. The highest BCUT2D eigenvalue weighted by Crippen LogP contribution is 2.28. The molecule has 1 unspecified atom stereocenters. The van der Waals surface area contributed by atoms with Crippen LogP contribution in [0.3, 0.4) is 0 Å². The van der Waals surface area contributed by atoms with Gasteiger partial charge in [-0.3, -0.25) is 4.79 Å². The number of carbonyl (C=O) groups is 1. The summed E-state index contributed by atoms with van der Waals surface area (Å²) in [6.45, 7) is 0.00850. The molecule has 0 saturated heterocycles. The van der Waals surface area contributed by atoms with Crippen molar-refractivity contribution < 1.29 is 18.7 Å². The van der Waals surface area contributed by atoms with Gasteiger partial charge in [0.2, 0.25) is 5.91 Å². The van der Waals surface area contributed by atoms with Crippen molar-refractivity contribution in [3.63, 3.8) is 0 Å². The first-order chi connectivity index (χ1) is 10.1. The second kappa shape index (κ2) is 7.50. The van der Waals surface area contributed by atoms with Gasteiger partial charge in [-0.1, -0.05) is 31.7 Å². The maximum Gasteiger partial charge on any atom is 0.220 e. The Morgan fingerprint density at radius 1 is 1.29 bits per heavy atom. The number of aliphatic hydroxyl groups excluding tert-OH is 1. The Labute approximate surface area is 123 Å². The number of carbonyl (C=O) groups excluding carboxylic acids is 1. The number of rotatable bonds is 6. The zero-order valence-corrected chi connectivity index (χ0v) is 11.9. The minimum Gasteiger partial charge on any atom is -0.387 e. The van der Waals surface area contributed by atoms with Crippen LogP contribution in [0.25, 0.3) is 0 Å². The van der Waals surface area contributed by atoms with Crippen molar-refractivity contribution in [3.8, 4) is 0 Å². The third-order valence-corrected chi connectivity index (χ3v) is 4.08. The molecule has 21 heavy (non-hydrogen) atoms. The van der Waals surface area contributed by atoms with Crippen molar-refractivity contribution in [2.75, 3.05) is 6.54 Å². The largest absolute Gasteiger partial charge is 0.387 e. The Kier molecular flexibility index (Phi) is 5.67. The predicted molar refractivity (Wildman–Crippen MR) is 75.5 cm³/mol. The van der Waals surface area contributed by atoms with E-state index in [9.17, 15) is 18.7 Å². The first kappa shape index (κ1) is 15.9. The van der Waals surface area contributed by atoms with Gasteiger partial charge in [-0.2, -0.15) is 0 Å². The molecule has 2 N–H and O–H groups in total. The highest BCUT2D eigenvalue weighted by Gasteiger charge is 2.17. The van der Waals surface area contributed by atoms with Crippen LogP contribution in [0, 0.1) is 17.6 Å². The lowest BCUT2D eigenvalue weighted by Gasteiger charge is -2.13. The first-order valence-corrected chi connectivity index (χ1v) is 7.46. The molecule has 1 aliphatic carbocycles. The van der Waals surface area contributed by atoms with Crippen LogP contribution < -0.4 is 5.32 Å². The Hall–Kier alpha value is -1.49. The highest BCUT2D eigenvalue weighted by atomic mass is 19.2. The van der Waals surface area contributed by atoms with E-state index in [1.807, 2.05) is 0 Å². The van der Waals surface area contributed by atoms with Crippen LogP contribution >= 0.6 is 0 Å². The number of aliphatic hydroxyl groups is 1. The highest BCUT2D eigenvalue weighted by molar-refractivity contribution is 5.75. The minimum atomic E-state index is -1.03. The van der Waals surface area contributed by atoms with Crippen molar-refractivity contribution in [1.82, 2.24) is 5.32 Å². The van der Waals surface area contributed by atoms with E-state index >= 15 is 0 Å². The molecule has 1 saturated carbocycles. The maximum absolute atomic E-state index is 13.1. The minimum absolute atomic E-state index is 0.00850. The second-order valence-electron chi connectivity index (χ2n) is 5.68. The molecule has 0 spiro atoms. The van der Waals surface area contributed by atoms with Crippen molar-refractivity contribution in [3.05, 3.63) is 35.4 Å². The van der Waals surface area contributed by atoms with Gasteiger partial charge >= 0.3 is 0 Å². The number of nitrogens with one attached hydrogen (secondary N) is 1. The zero-order valence-electron chi connectivity index (χ0n) is 11.9. The Morgan fingerprint density at radius 3 is 2.67 bits per heavy atom. The summed E-state index contributed by atoms with van der Waals surface area (Å²) >= 11 is 0. The van der Waals surface area contributed by atoms with Gasteiger partial charge in [0.15, 0.2) is 11.6 Å². The van der Waals surface area contributed by atoms with Crippen molar-refractivity contribution in [2.24, 2.45) is 5.92 Å². The summed E-state index contributed by atoms with van der Waals surface area (Å²) in [6.07, 6.45) is 5.20. The summed E-state index contributed by atoms with van der Waals surface area (Å²) < 4.78 is 25.9. The molecular weight excluding hydrogens is 276 g/mol. The smallest absolute Gasteiger partial charge is 0.220 e. The molecule has 1 atom stereocenters. The summed E-state index contributed by atoms with van der Waals surface area (Å²) in [7, 11) is 0. The summed E-state index contributed by atoms with van der Waals surface area (Å²) in [5, 5.41) is 12.5. The van der Waals surface area contributed by atoms with Gasteiger partial charge in [-0.15, -0.1) is 0 Å². The van der Waals surface area contributed by atoms with E-state index in [2.05, 4.69) is 5.32 Å². The number of hydrogen-bond donors (Lipinski definition) is 2. The lowest BCUT2D eigenvalue weighted by Crippen LogP contribution is -2.28. The Balaban J connectivity index is 1.73. The molecule has 0 bridgehead atoms. The predicted octanol–water partition coefficient (Wildman–Crippen LogP) is 3.08. The summed E-state index contributed by atoms with van der Waals surface area (Å²) in [6, 6.07) is 3.23. The zero-order chi connectivity index (χ0) is 15.2. The fourth-order valence-electron chi connectivity index (χ4n) is 2.77. The molecular formula is C16H21F2NO2. The molecule has 1 aliphatic rings. The van der Waals surface area contributed by atoms with E-state index in [1.54, 1.807) is 0 Å². The van der Waals surface area contributed by atoms with Crippen LogP contribution in [-0.4, -0.2) is 17.6 Å². The third kappa shape index (κ3) is 4.77. The summed E-state index contributed by atoms with van der Waals surface area (Å²) in [5.41, 5.74) is 0.255. The van der Waals surface area contributed by atoms with Gasteiger partial charge in [-0.05, 0) is 30.0 Å². The van der Waals surface area contributed by atoms with Crippen molar-refractivity contribution in [2.45, 2.75) is 44.6 Å². The van der Waals surface area contributed by atoms with Gasteiger partial charge in [-0.25, -0.2) is 8.78 Å². The molecule has 5 heteroatoms. The average molecular weight is 297 g/mol. The van der Waals surface area contributed by atoms with Gasteiger partial charge in [0, 0.05) is 13.0 Å². The van der Waals surface area contributed by atoms with Crippen LogP contribution in [0.15, 0.2) is 18.2 Å². The topological polar surface area (TPSA) is 49.3 Å². The normalized spacial score (nSPS) is 16.9. The van der Waals surface area contributed by atoms with E-state index in [-0.39, 0.29) is 18.0 Å². The number of amides is 1. The number of hydrogen-bond acceptors (Lipinski definition) is 2. The van der Waals surface area contributed by atoms with E-state index in [0.29, 0.717) is 12.3 Å². The monoisotopic (exact) mass is 297 g/mol. The molecule has 0 aromatic heterocycles. The molecule has 1 aromatic rings. The van der Waals surface area contributed by atoms with Crippen LogP contribution in [0.1, 0.15) is 50.2 Å². The van der Waals surface area contributed by atoms with E-state index < -0.39 is 17.7 Å². The molecule has 1 amide bonds. The number of halogens is 2. The molecule has 3 nitrogen and oxygen atoms in total. The fourth-order valence-corrected chi connectivity index (χ4v) is 2.77. The van der Waals surface area contributed by atoms with Gasteiger partial charge in [0.25, 0.3) is 0 Å². The van der Waals surface area contributed by atoms with Crippen molar-refractivity contribution in [1.29, 1.82) is 0 Å². The molecule has 1 aromatic carbocycles. The van der Waals surface area contributed by atoms with Crippen LogP contribution in [0.2, 0.25) is 0 Å². The van der Waals surface area contributed by atoms with Crippen molar-refractivity contribution >= 4 is 5.91 Å². The molecule has 116 valence electrons. The first-order valence-electron chi connectivity index (χ1n) is 7.46. The summed E-state index contributed by atoms with van der Waals surface area (Å²) in [5.74, 6) is -1.42.